The summed E-state index contributed by atoms with van der Waals surface area (Å²) in [5, 5.41) is 3.64. The van der Waals surface area contributed by atoms with Gasteiger partial charge in [-0.3, -0.25) is 14.5 Å². The number of aryl methyl sites for hydroxylation is 1. The van der Waals surface area contributed by atoms with Crippen LogP contribution in [0.4, 0.5) is 11.4 Å². The number of hydrogen-bond donors (Lipinski definition) is 1. The molecular weight excluding hydrogens is 397 g/mol. The van der Waals surface area contributed by atoms with Crippen LogP contribution in [-0.4, -0.2) is 49.3 Å². The molecule has 1 aliphatic rings. The molecule has 0 saturated carbocycles. The molecule has 0 atom stereocenters. The van der Waals surface area contributed by atoms with Crippen LogP contribution >= 0.6 is 24.0 Å². The van der Waals surface area contributed by atoms with Gasteiger partial charge in [0.2, 0.25) is 5.91 Å². The molecule has 0 spiro atoms. The summed E-state index contributed by atoms with van der Waals surface area (Å²) < 4.78 is 0. The van der Waals surface area contributed by atoms with E-state index in [0.29, 0.717) is 17.8 Å². The average Bonchev–Trinajstić information content (AvgIpc) is 2.65. The summed E-state index contributed by atoms with van der Waals surface area (Å²) in [5.41, 5.74) is 3.72. The summed E-state index contributed by atoms with van der Waals surface area (Å²) in [6.45, 7) is 7.34. The molecule has 0 aliphatic carbocycles. The molecule has 5 nitrogen and oxygen atoms in total. The Kier molecular flexibility index (Phi) is 7.87. The monoisotopic (exact) mass is 421 g/mol. The number of carbonyl (C=O) groups excluding carboxylic acids is 2. The second-order valence-corrected chi connectivity index (χ2v) is 7.31. The van der Waals surface area contributed by atoms with Crippen molar-refractivity contribution in [2.75, 3.05) is 42.9 Å². The van der Waals surface area contributed by atoms with E-state index in [1.54, 1.807) is 24.3 Å². The smallest absolute Gasteiger partial charge is 0.238 e. The molecule has 1 amide bonds. The highest BCUT2D eigenvalue weighted by Crippen LogP contribution is 2.25. The van der Waals surface area contributed by atoms with Crippen LogP contribution in [0.1, 0.15) is 22.8 Å². The second-order valence-electron chi connectivity index (χ2n) is 6.88. The Morgan fingerprint density at radius 1 is 1.04 bits per heavy atom. The van der Waals surface area contributed by atoms with Crippen LogP contribution in [0.3, 0.4) is 0 Å². The van der Waals surface area contributed by atoms with Gasteiger partial charge in [-0.15, -0.1) is 12.4 Å². The van der Waals surface area contributed by atoms with Crippen molar-refractivity contribution >= 4 is 47.1 Å². The molecule has 150 valence electrons. The lowest BCUT2D eigenvalue weighted by Crippen LogP contribution is -2.48. The molecule has 0 bridgehead atoms. The van der Waals surface area contributed by atoms with Crippen molar-refractivity contribution in [2.24, 2.45) is 0 Å². The number of amides is 1. The first-order valence-electron chi connectivity index (χ1n) is 9.06. The van der Waals surface area contributed by atoms with Gasteiger partial charge in [0.05, 0.1) is 6.54 Å². The van der Waals surface area contributed by atoms with Gasteiger partial charge < -0.3 is 10.2 Å². The molecule has 0 aromatic heterocycles. The lowest BCUT2D eigenvalue weighted by molar-refractivity contribution is -0.117. The minimum absolute atomic E-state index is 0. The summed E-state index contributed by atoms with van der Waals surface area (Å²) in [5.74, 6) is -0.0290. The van der Waals surface area contributed by atoms with Gasteiger partial charge in [0.25, 0.3) is 0 Å². The number of carbonyl (C=O) groups is 2. The largest absolute Gasteiger partial charge is 0.369 e. The van der Waals surface area contributed by atoms with Crippen molar-refractivity contribution in [3.05, 3.63) is 58.6 Å². The molecule has 0 radical (unpaired) electrons. The molecule has 2 aromatic carbocycles. The number of anilines is 2. The zero-order valence-electron chi connectivity index (χ0n) is 16.1. The molecule has 1 N–H and O–H groups in total. The van der Waals surface area contributed by atoms with E-state index in [1.165, 1.54) is 12.5 Å². The first-order chi connectivity index (χ1) is 12.9. The average molecular weight is 422 g/mol. The molecule has 0 unspecified atom stereocenters. The van der Waals surface area contributed by atoms with Crippen LogP contribution < -0.4 is 10.2 Å². The quantitative estimate of drug-likeness (QED) is 0.740. The maximum absolute atomic E-state index is 12.3. The van der Waals surface area contributed by atoms with Crippen molar-refractivity contribution in [1.29, 1.82) is 0 Å². The van der Waals surface area contributed by atoms with Crippen molar-refractivity contribution < 1.29 is 9.59 Å². The van der Waals surface area contributed by atoms with Crippen LogP contribution in [0.5, 0.6) is 0 Å². The maximum atomic E-state index is 12.3. The zero-order chi connectivity index (χ0) is 19.4. The fourth-order valence-corrected chi connectivity index (χ4v) is 3.43. The fraction of sp³-hybridized carbons (Fsp3) is 0.333. The van der Waals surface area contributed by atoms with Crippen molar-refractivity contribution in [1.82, 2.24) is 4.90 Å². The SMILES string of the molecule is CC(=O)c1ccc(NC(=O)CN2CCN(c3cc(Cl)ccc3C)CC2)cc1.Cl. The Labute approximate surface area is 177 Å². The summed E-state index contributed by atoms with van der Waals surface area (Å²) in [6, 6.07) is 12.9. The number of hydrogen-bond acceptors (Lipinski definition) is 4. The first-order valence-corrected chi connectivity index (χ1v) is 9.44. The molecule has 1 heterocycles. The first kappa shape index (κ1) is 22.2. The van der Waals surface area contributed by atoms with E-state index in [9.17, 15) is 9.59 Å². The summed E-state index contributed by atoms with van der Waals surface area (Å²) >= 11 is 6.13. The summed E-state index contributed by atoms with van der Waals surface area (Å²) in [6.07, 6.45) is 0. The van der Waals surface area contributed by atoms with Gasteiger partial charge in [-0.1, -0.05) is 17.7 Å². The third kappa shape index (κ3) is 5.71. The van der Waals surface area contributed by atoms with Gasteiger partial charge in [-0.25, -0.2) is 0 Å². The second kappa shape index (κ2) is 9.92. The van der Waals surface area contributed by atoms with E-state index in [2.05, 4.69) is 22.0 Å². The number of nitrogens with zero attached hydrogens (tertiary/aromatic N) is 2. The number of ketones is 1. The number of rotatable bonds is 5. The van der Waals surface area contributed by atoms with E-state index in [0.717, 1.165) is 36.9 Å². The van der Waals surface area contributed by atoms with Gasteiger partial charge in [-0.05, 0) is 55.8 Å². The van der Waals surface area contributed by atoms with Crippen molar-refractivity contribution in [2.45, 2.75) is 13.8 Å². The van der Waals surface area contributed by atoms with Crippen molar-refractivity contribution in [3.63, 3.8) is 0 Å². The standard InChI is InChI=1S/C21H24ClN3O2.ClH/c1-15-3-6-18(22)13-20(15)25-11-9-24(10-12-25)14-21(27)23-19-7-4-17(5-8-19)16(2)26;/h3-8,13H,9-12,14H2,1-2H3,(H,23,27);1H. The van der Waals surface area contributed by atoms with Crippen LogP contribution in [-0.2, 0) is 4.79 Å². The number of piperazine rings is 1. The van der Waals surface area contributed by atoms with Gasteiger partial charge in [0, 0.05) is 48.1 Å². The number of halogens is 2. The van der Waals surface area contributed by atoms with Gasteiger partial charge >= 0.3 is 0 Å². The Hall–Kier alpha value is -2.08. The molecule has 7 heteroatoms. The highest BCUT2D eigenvalue weighted by molar-refractivity contribution is 6.30. The Bertz CT molecular complexity index is 832. The van der Waals surface area contributed by atoms with Gasteiger partial charge in [0.1, 0.15) is 0 Å². The number of Topliss-reactive ketones (excluding diaryl/α,β-unsaturated/α-hetero) is 1. The minimum Gasteiger partial charge on any atom is -0.369 e. The van der Waals surface area contributed by atoms with E-state index in [-0.39, 0.29) is 24.1 Å². The fourth-order valence-electron chi connectivity index (χ4n) is 3.26. The lowest BCUT2D eigenvalue weighted by Gasteiger charge is -2.36. The lowest BCUT2D eigenvalue weighted by atomic mass is 10.1. The van der Waals surface area contributed by atoms with E-state index >= 15 is 0 Å². The van der Waals surface area contributed by atoms with Gasteiger partial charge in [-0.2, -0.15) is 0 Å². The zero-order valence-corrected chi connectivity index (χ0v) is 17.6. The third-order valence-electron chi connectivity index (χ3n) is 4.83. The topological polar surface area (TPSA) is 52.7 Å². The normalized spacial score (nSPS) is 14.3. The Morgan fingerprint density at radius 3 is 2.29 bits per heavy atom. The molecule has 2 aromatic rings. The highest BCUT2D eigenvalue weighted by atomic mass is 35.5. The number of benzene rings is 2. The predicted octanol–water partition coefficient (Wildman–Crippen LogP) is 4.03. The van der Waals surface area contributed by atoms with E-state index in [1.807, 2.05) is 18.2 Å². The molecule has 1 fully saturated rings. The van der Waals surface area contributed by atoms with Gasteiger partial charge in [0.15, 0.2) is 5.78 Å². The third-order valence-corrected chi connectivity index (χ3v) is 5.06. The van der Waals surface area contributed by atoms with Crippen LogP contribution in [0, 0.1) is 6.92 Å². The Balaban J connectivity index is 0.00000280. The van der Waals surface area contributed by atoms with Crippen LogP contribution in [0.15, 0.2) is 42.5 Å². The summed E-state index contributed by atoms with van der Waals surface area (Å²) in [7, 11) is 0. The molecule has 1 saturated heterocycles. The highest BCUT2D eigenvalue weighted by Gasteiger charge is 2.20. The molecule has 28 heavy (non-hydrogen) atoms. The number of nitrogens with one attached hydrogen (secondary N) is 1. The van der Waals surface area contributed by atoms with E-state index in [4.69, 9.17) is 11.6 Å². The van der Waals surface area contributed by atoms with Crippen molar-refractivity contribution in [3.8, 4) is 0 Å². The Morgan fingerprint density at radius 2 is 1.68 bits per heavy atom. The summed E-state index contributed by atoms with van der Waals surface area (Å²) in [4.78, 5) is 28.1. The molecule has 1 aliphatic heterocycles. The van der Waals surface area contributed by atoms with E-state index < -0.39 is 0 Å². The maximum Gasteiger partial charge on any atom is 0.238 e. The molecule has 3 rings (SSSR count). The molecular formula is C21H25Cl2N3O2. The van der Waals surface area contributed by atoms with Crippen LogP contribution in [0.25, 0.3) is 0 Å². The predicted molar refractivity (Wildman–Crippen MR) is 117 cm³/mol. The minimum atomic E-state index is -0.0436. The van der Waals surface area contributed by atoms with Crippen LogP contribution in [0.2, 0.25) is 5.02 Å².